The van der Waals surface area contributed by atoms with Crippen LogP contribution in [0.25, 0.3) is 11.3 Å². The van der Waals surface area contributed by atoms with Crippen molar-refractivity contribution in [2.45, 2.75) is 17.2 Å². The van der Waals surface area contributed by atoms with E-state index in [1.54, 1.807) is 11.3 Å². The number of hydrogen-bond acceptors (Lipinski definition) is 4. The fourth-order valence-electron chi connectivity index (χ4n) is 2.00. The molecule has 0 spiro atoms. The minimum atomic E-state index is 0.510. The largest absolute Gasteiger partial charge is 0.325 e. The monoisotopic (exact) mass is 312 g/mol. The first kappa shape index (κ1) is 14.3. The van der Waals surface area contributed by atoms with Crippen LogP contribution in [0.1, 0.15) is 10.6 Å². The van der Waals surface area contributed by atoms with Gasteiger partial charge in [0.1, 0.15) is 5.01 Å². The molecule has 0 amide bonds. The highest BCUT2D eigenvalue weighted by molar-refractivity contribution is 7.98. The molecule has 0 atom stereocenters. The lowest BCUT2D eigenvalue weighted by molar-refractivity contribution is 1.04. The van der Waals surface area contributed by atoms with E-state index in [4.69, 9.17) is 5.73 Å². The molecule has 0 aliphatic carbocycles. The molecule has 1 aromatic heterocycles. The van der Waals surface area contributed by atoms with Crippen molar-refractivity contribution in [2.24, 2.45) is 5.73 Å². The van der Waals surface area contributed by atoms with Crippen molar-refractivity contribution in [3.05, 3.63) is 70.5 Å². The summed E-state index contributed by atoms with van der Waals surface area (Å²) < 4.78 is 0. The van der Waals surface area contributed by atoms with E-state index in [1.165, 1.54) is 10.5 Å². The summed E-state index contributed by atoms with van der Waals surface area (Å²) in [5, 5.41) is 3.04. The third-order valence-electron chi connectivity index (χ3n) is 3.12. The normalized spacial score (nSPS) is 10.7. The van der Waals surface area contributed by atoms with Crippen molar-refractivity contribution < 1.29 is 0 Å². The van der Waals surface area contributed by atoms with Gasteiger partial charge >= 0.3 is 0 Å². The predicted molar refractivity (Wildman–Crippen MR) is 91.4 cm³/mol. The standard InChI is InChI=1S/C17H16N2S2/c18-10-17-19-16(12-21-17)14-6-8-15(9-7-14)20-11-13-4-2-1-3-5-13/h1-9,12H,10-11,18H2. The molecule has 0 saturated heterocycles. The zero-order chi connectivity index (χ0) is 14.5. The van der Waals surface area contributed by atoms with E-state index in [0.717, 1.165) is 22.0 Å². The smallest absolute Gasteiger partial charge is 0.107 e. The Morgan fingerprint density at radius 2 is 1.76 bits per heavy atom. The summed E-state index contributed by atoms with van der Waals surface area (Å²) in [5.41, 5.74) is 9.11. The Morgan fingerprint density at radius 3 is 2.43 bits per heavy atom. The molecule has 0 fully saturated rings. The van der Waals surface area contributed by atoms with Crippen molar-refractivity contribution in [1.82, 2.24) is 4.98 Å². The SMILES string of the molecule is NCc1nc(-c2ccc(SCc3ccccc3)cc2)cs1. The second kappa shape index (κ2) is 6.89. The number of rotatable bonds is 5. The Kier molecular flexibility index (Phi) is 4.70. The van der Waals surface area contributed by atoms with E-state index in [2.05, 4.69) is 58.9 Å². The van der Waals surface area contributed by atoms with Gasteiger partial charge in [0, 0.05) is 28.1 Å². The van der Waals surface area contributed by atoms with Crippen molar-refractivity contribution in [2.75, 3.05) is 0 Å². The van der Waals surface area contributed by atoms with Crippen LogP contribution in [-0.4, -0.2) is 4.98 Å². The van der Waals surface area contributed by atoms with Gasteiger partial charge in [-0.3, -0.25) is 0 Å². The average molecular weight is 312 g/mol. The van der Waals surface area contributed by atoms with E-state index < -0.39 is 0 Å². The number of hydrogen-bond donors (Lipinski definition) is 1. The molecule has 0 bridgehead atoms. The van der Waals surface area contributed by atoms with Gasteiger partial charge in [0.25, 0.3) is 0 Å². The molecule has 21 heavy (non-hydrogen) atoms. The van der Waals surface area contributed by atoms with Gasteiger partial charge in [0.05, 0.1) is 5.69 Å². The van der Waals surface area contributed by atoms with Gasteiger partial charge in [0.15, 0.2) is 0 Å². The van der Waals surface area contributed by atoms with Crippen molar-refractivity contribution in [3.8, 4) is 11.3 Å². The van der Waals surface area contributed by atoms with Crippen LogP contribution in [0.15, 0.2) is 64.9 Å². The number of aromatic nitrogens is 1. The second-order valence-corrected chi connectivity index (χ2v) is 6.62. The number of benzene rings is 2. The van der Waals surface area contributed by atoms with Gasteiger partial charge in [-0.25, -0.2) is 4.98 Å². The minimum Gasteiger partial charge on any atom is -0.325 e. The summed E-state index contributed by atoms with van der Waals surface area (Å²) in [6, 6.07) is 19.1. The molecular formula is C17H16N2S2. The maximum absolute atomic E-state index is 5.60. The maximum atomic E-state index is 5.60. The van der Waals surface area contributed by atoms with Crippen molar-refractivity contribution >= 4 is 23.1 Å². The van der Waals surface area contributed by atoms with E-state index in [1.807, 2.05) is 17.8 Å². The predicted octanol–water partition coefficient (Wildman–Crippen LogP) is 4.56. The van der Waals surface area contributed by atoms with Crippen LogP contribution in [-0.2, 0) is 12.3 Å². The Hall–Kier alpha value is -1.62. The zero-order valence-corrected chi connectivity index (χ0v) is 13.2. The van der Waals surface area contributed by atoms with Crippen LogP contribution in [0.5, 0.6) is 0 Å². The number of nitrogens with zero attached hydrogens (tertiary/aromatic N) is 1. The molecule has 0 radical (unpaired) electrons. The van der Waals surface area contributed by atoms with Gasteiger partial charge in [-0.1, -0.05) is 42.5 Å². The highest BCUT2D eigenvalue weighted by Crippen LogP contribution is 2.27. The molecule has 0 saturated carbocycles. The van der Waals surface area contributed by atoms with Gasteiger partial charge < -0.3 is 5.73 Å². The van der Waals surface area contributed by atoms with Crippen LogP contribution in [0.3, 0.4) is 0 Å². The Balaban J connectivity index is 1.66. The molecule has 2 N–H and O–H groups in total. The number of nitrogens with two attached hydrogens (primary N) is 1. The highest BCUT2D eigenvalue weighted by Gasteiger charge is 2.04. The lowest BCUT2D eigenvalue weighted by Gasteiger charge is -2.03. The number of thioether (sulfide) groups is 1. The quantitative estimate of drug-likeness (QED) is 0.702. The molecular weight excluding hydrogens is 296 g/mol. The zero-order valence-electron chi connectivity index (χ0n) is 11.5. The fourth-order valence-corrected chi connectivity index (χ4v) is 3.54. The molecule has 0 unspecified atom stereocenters. The molecule has 3 aromatic rings. The Bertz CT molecular complexity index is 690. The van der Waals surface area contributed by atoms with E-state index >= 15 is 0 Å². The number of thiazole rings is 1. The first-order valence-electron chi connectivity index (χ1n) is 6.77. The summed E-state index contributed by atoms with van der Waals surface area (Å²) >= 11 is 3.46. The van der Waals surface area contributed by atoms with Gasteiger partial charge in [-0.05, 0) is 17.7 Å². The molecule has 2 nitrogen and oxygen atoms in total. The fraction of sp³-hybridized carbons (Fsp3) is 0.118. The maximum Gasteiger partial charge on any atom is 0.107 e. The summed E-state index contributed by atoms with van der Waals surface area (Å²) in [6.07, 6.45) is 0. The minimum absolute atomic E-state index is 0.510. The Morgan fingerprint density at radius 1 is 1.00 bits per heavy atom. The summed E-state index contributed by atoms with van der Waals surface area (Å²) in [6.45, 7) is 0.510. The molecule has 1 heterocycles. The van der Waals surface area contributed by atoms with Crippen LogP contribution in [0.2, 0.25) is 0 Å². The highest BCUT2D eigenvalue weighted by atomic mass is 32.2. The first-order valence-corrected chi connectivity index (χ1v) is 8.63. The van der Waals surface area contributed by atoms with Gasteiger partial charge in [-0.2, -0.15) is 0 Å². The van der Waals surface area contributed by atoms with E-state index in [9.17, 15) is 0 Å². The lowest BCUT2D eigenvalue weighted by Crippen LogP contribution is -1.94. The van der Waals surface area contributed by atoms with Crippen LogP contribution in [0.4, 0.5) is 0 Å². The summed E-state index contributed by atoms with van der Waals surface area (Å²) in [7, 11) is 0. The molecule has 106 valence electrons. The van der Waals surface area contributed by atoms with Crippen molar-refractivity contribution in [1.29, 1.82) is 0 Å². The topological polar surface area (TPSA) is 38.9 Å². The van der Waals surface area contributed by atoms with Crippen LogP contribution >= 0.6 is 23.1 Å². The summed E-state index contributed by atoms with van der Waals surface area (Å²) in [4.78, 5) is 5.78. The molecule has 0 aliphatic rings. The Labute approximate surface area is 133 Å². The molecule has 2 aromatic carbocycles. The van der Waals surface area contributed by atoms with E-state index in [0.29, 0.717) is 6.54 Å². The molecule has 3 rings (SSSR count). The van der Waals surface area contributed by atoms with Gasteiger partial charge in [0.2, 0.25) is 0 Å². The van der Waals surface area contributed by atoms with Gasteiger partial charge in [-0.15, -0.1) is 23.1 Å². The lowest BCUT2D eigenvalue weighted by atomic mass is 10.2. The first-order chi connectivity index (χ1) is 10.3. The third-order valence-corrected chi connectivity index (χ3v) is 5.08. The second-order valence-electron chi connectivity index (χ2n) is 4.63. The third kappa shape index (κ3) is 3.73. The molecule has 0 aliphatic heterocycles. The average Bonchev–Trinajstić information content (AvgIpc) is 3.03. The molecule has 4 heteroatoms. The van der Waals surface area contributed by atoms with Crippen molar-refractivity contribution in [3.63, 3.8) is 0 Å². The summed E-state index contributed by atoms with van der Waals surface area (Å²) in [5.74, 6) is 0.994. The van der Waals surface area contributed by atoms with E-state index in [-0.39, 0.29) is 0 Å². The van der Waals surface area contributed by atoms with Crippen LogP contribution in [0, 0.1) is 0 Å². The van der Waals surface area contributed by atoms with Crippen LogP contribution < -0.4 is 5.73 Å².